The fourth-order valence-corrected chi connectivity index (χ4v) is 10.9. The fraction of sp³-hybridized carbons (Fsp3) is 0.704. The largest absolute Gasteiger partial charge is 0.379 e. The summed E-state index contributed by atoms with van der Waals surface area (Å²) in [4.78, 5) is 72.8. The van der Waals surface area contributed by atoms with Crippen molar-refractivity contribution in [3.05, 3.63) is 60.4 Å². The Bertz CT molecular complexity index is 1880. The van der Waals surface area contributed by atoms with Gasteiger partial charge in [-0.2, -0.15) is 5.10 Å². The van der Waals surface area contributed by atoms with Crippen LogP contribution in [0.1, 0.15) is 126 Å². The summed E-state index contributed by atoms with van der Waals surface area (Å²) in [7, 11) is 4.81. The molecule has 1 amide bonds. The third kappa shape index (κ3) is 14.3. The molecule has 1 aliphatic carbocycles. The summed E-state index contributed by atoms with van der Waals surface area (Å²) >= 11 is 0. The Kier molecular flexibility index (Phi) is 21.9. The lowest BCUT2D eigenvalue weighted by Gasteiger charge is -2.40. The molecule has 0 aromatic rings. The number of nitrogens with zero attached hydrogens (tertiary/aromatic N) is 3. The molecule has 3 aliphatic heterocycles. The Hall–Kier alpha value is -3.92. The number of Topliss-reactive ketones (excluding diaryl/α,β-unsaturated/α-hetero) is 4. The molecule has 380 valence electrons. The minimum absolute atomic E-state index is 0.00483. The number of carbonyl (C=O) groups is 5. The first-order valence-corrected chi connectivity index (χ1v) is 25.0. The van der Waals surface area contributed by atoms with Crippen LogP contribution in [0.5, 0.6) is 0 Å². The van der Waals surface area contributed by atoms with Crippen molar-refractivity contribution in [2.75, 3.05) is 27.9 Å². The van der Waals surface area contributed by atoms with Crippen molar-refractivity contribution < 1.29 is 48.0 Å². The van der Waals surface area contributed by atoms with E-state index in [1.807, 2.05) is 57.2 Å². The van der Waals surface area contributed by atoms with Gasteiger partial charge in [0.15, 0.2) is 11.6 Å². The highest BCUT2D eigenvalue weighted by Gasteiger charge is 2.50. The summed E-state index contributed by atoms with van der Waals surface area (Å²) in [6.45, 7) is 22.6. The number of ketones is 4. The van der Waals surface area contributed by atoms with Gasteiger partial charge in [0.05, 0.1) is 42.5 Å². The van der Waals surface area contributed by atoms with E-state index in [-0.39, 0.29) is 79.0 Å². The van der Waals surface area contributed by atoms with Gasteiger partial charge in [0.25, 0.3) is 11.7 Å². The topological polar surface area (TPSA) is 173 Å². The zero-order valence-electron chi connectivity index (χ0n) is 43.0. The van der Waals surface area contributed by atoms with Gasteiger partial charge in [-0.3, -0.25) is 34.3 Å². The number of allylic oxidation sites excluding steroid dienone is 6. The van der Waals surface area contributed by atoms with Gasteiger partial charge in [-0.1, -0.05) is 83.2 Å². The van der Waals surface area contributed by atoms with Crippen LogP contribution in [0.3, 0.4) is 0 Å². The van der Waals surface area contributed by atoms with Crippen LogP contribution >= 0.6 is 0 Å². The predicted molar refractivity (Wildman–Crippen MR) is 265 cm³/mol. The van der Waals surface area contributed by atoms with E-state index in [1.165, 1.54) is 12.0 Å². The maximum Gasteiger partial charge on any atom is 0.296 e. The van der Waals surface area contributed by atoms with Crippen LogP contribution in [0.2, 0.25) is 0 Å². The lowest BCUT2D eigenvalue weighted by atomic mass is 9.73. The number of nitrogens with one attached hydrogen (secondary N) is 1. The number of rotatable bonds is 10. The van der Waals surface area contributed by atoms with Crippen molar-refractivity contribution in [2.45, 2.75) is 180 Å². The molecule has 2 unspecified atom stereocenters. The fourth-order valence-electron chi connectivity index (χ4n) is 10.9. The van der Waals surface area contributed by atoms with Crippen LogP contribution in [-0.4, -0.2) is 133 Å². The van der Waals surface area contributed by atoms with Crippen molar-refractivity contribution in [3.8, 4) is 0 Å². The van der Waals surface area contributed by atoms with Gasteiger partial charge >= 0.3 is 0 Å². The second-order valence-corrected chi connectivity index (χ2v) is 20.5. The number of fused-ring (bicyclic) bond motifs is 3. The van der Waals surface area contributed by atoms with Gasteiger partial charge in [-0.15, -0.1) is 0 Å². The second-order valence-electron chi connectivity index (χ2n) is 20.5. The lowest BCUT2D eigenvalue weighted by molar-refractivity contribution is -0.242. The summed E-state index contributed by atoms with van der Waals surface area (Å²) in [6, 6.07) is -1.76. The second kappa shape index (κ2) is 26.3. The third-order valence-corrected chi connectivity index (χ3v) is 15.2. The number of aliphatic hydroxyl groups is 1. The molecule has 4 rings (SSSR count). The summed E-state index contributed by atoms with van der Waals surface area (Å²) in [5.74, 6) is -6.27. The van der Waals surface area contributed by atoms with Crippen LogP contribution in [0.4, 0.5) is 0 Å². The first kappa shape index (κ1) is 56.7. The molecule has 3 heterocycles. The highest BCUT2D eigenvalue weighted by molar-refractivity contribution is 6.39. The Balaban J connectivity index is 1.72. The number of amides is 1. The SMILES string of the molecule is C=CN(N=C)[C@H]1CC[C@@H](C[C@@H](C)[C@@H]2CC(=O)[C@H](C)/C=C(\C)[C@H]3NC(C[C@H](C)/C=C/C=C/C=C(\C)[C@@H](OC)C[C@H](C)O[C@](O)(C(C)C)C(=O)C(=O)N4CCCC[C@H]4C(=O)C2)C(=O)C3OC)C[C@H]1OC. The Labute approximate surface area is 407 Å². The molecule has 0 radical (unpaired) electrons. The number of hydrogen-bond acceptors (Lipinski definition) is 13. The summed E-state index contributed by atoms with van der Waals surface area (Å²) in [5.41, 5.74) is 1.71. The summed E-state index contributed by atoms with van der Waals surface area (Å²) in [5, 5.41) is 21.4. The molecule has 1 saturated carbocycles. The van der Waals surface area contributed by atoms with E-state index in [4.69, 9.17) is 18.9 Å². The standard InChI is InChI=1S/C54H84N4O10/c1-14-58(55-10)44-24-23-40(30-48(44)66-12)28-36(6)41-31-45(59)37(7)27-38(8)49-51(67-13)50(61)42(56-49)26-34(4)20-16-15-17-21-35(5)47(65-11)29-39(9)68-54(64,33(2)3)52(62)53(63)57-25-19-18-22-43(57)46(60)32-41/h14-17,20-21,27,33-34,36-37,39-44,47-49,51,56,64H,1,10,18-19,22-26,28-32H2,2-9,11-13H3/b17-15+,20-16+,35-21+,38-27+/t34-,36-,37-,39+,40+,41-,42?,43+,44+,47+,48-,49-,51?,54-/m1/s1. The molecule has 68 heavy (non-hydrogen) atoms. The van der Waals surface area contributed by atoms with Crippen LogP contribution in [0, 0.1) is 35.5 Å². The summed E-state index contributed by atoms with van der Waals surface area (Å²) in [6.07, 6.45) is 17.1. The molecular formula is C54H84N4O10. The van der Waals surface area contributed by atoms with Crippen molar-refractivity contribution in [2.24, 2.45) is 40.6 Å². The maximum absolute atomic E-state index is 14.7. The lowest BCUT2D eigenvalue weighted by Crippen LogP contribution is -2.58. The van der Waals surface area contributed by atoms with Gasteiger partial charge in [0.2, 0.25) is 5.79 Å². The first-order valence-electron chi connectivity index (χ1n) is 25.0. The molecule has 2 saturated heterocycles. The van der Waals surface area contributed by atoms with Gasteiger partial charge in [0.1, 0.15) is 11.9 Å². The maximum atomic E-state index is 14.7. The molecule has 14 nitrogen and oxygen atoms in total. The monoisotopic (exact) mass is 949 g/mol. The van der Waals surface area contributed by atoms with E-state index in [2.05, 4.69) is 37.6 Å². The van der Waals surface area contributed by atoms with Crippen LogP contribution in [0.15, 0.2) is 65.5 Å². The minimum Gasteiger partial charge on any atom is -0.379 e. The normalized spacial score (nSPS) is 37.7. The van der Waals surface area contributed by atoms with Crippen LogP contribution in [-0.2, 0) is 42.9 Å². The first-order chi connectivity index (χ1) is 32.2. The molecular weight excluding hydrogens is 865 g/mol. The number of hydrazone groups is 1. The van der Waals surface area contributed by atoms with Gasteiger partial charge in [-0.05, 0) is 101 Å². The molecule has 14 atom stereocenters. The van der Waals surface area contributed by atoms with Gasteiger partial charge < -0.3 is 29.0 Å². The van der Waals surface area contributed by atoms with E-state index in [9.17, 15) is 29.1 Å². The molecule has 2 bridgehead atoms. The highest BCUT2D eigenvalue weighted by Crippen LogP contribution is 2.38. The highest BCUT2D eigenvalue weighted by atomic mass is 16.6. The molecule has 2 N–H and O–H groups in total. The van der Waals surface area contributed by atoms with Gasteiger partial charge in [0, 0.05) is 71.9 Å². The molecule has 14 heteroatoms. The Morgan fingerprint density at radius 1 is 0.926 bits per heavy atom. The average molecular weight is 949 g/mol. The van der Waals surface area contributed by atoms with Crippen molar-refractivity contribution in [3.63, 3.8) is 0 Å². The number of methoxy groups -OCH3 is 3. The smallest absolute Gasteiger partial charge is 0.296 e. The molecule has 0 aromatic heterocycles. The van der Waals surface area contributed by atoms with Crippen molar-refractivity contribution >= 4 is 35.8 Å². The quantitative estimate of drug-likeness (QED) is 0.0958. The average Bonchev–Trinajstić information content (AvgIpc) is 3.63. The number of carbonyl (C=O) groups excluding carboxylic acids is 5. The van der Waals surface area contributed by atoms with E-state index in [0.29, 0.717) is 25.7 Å². The van der Waals surface area contributed by atoms with Gasteiger partial charge in [-0.25, -0.2) is 0 Å². The molecule has 4 aliphatic rings. The third-order valence-electron chi connectivity index (χ3n) is 15.2. The summed E-state index contributed by atoms with van der Waals surface area (Å²) < 4.78 is 23.7. The molecule has 0 aromatic carbocycles. The van der Waals surface area contributed by atoms with Crippen LogP contribution < -0.4 is 5.32 Å². The zero-order valence-corrected chi connectivity index (χ0v) is 43.0. The predicted octanol–water partition coefficient (Wildman–Crippen LogP) is 7.50. The van der Waals surface area contributed by atoms with E-state index >= 15 is 0 Å². The van der Waals surface area contributed by atoms with E-state index in [1.54, 1.807) is 46.2 Å². The number of piperidine rings is 1. The number of ether oxygens (including phenoxy) is 4. The zero-order chi connectivity index (χ0) is 50.5. The molecule has 0 spiro atoms. The van der Waals surface area contributed by atoms with E-state index < -0.39 is 65.8 Å². The van der Waals surface area contributed by atoms with Crippen LogP contribution in [0.25, 0.3) is 0 Å². The Morgan fingerprint density at radius 3 is 2.26 bits per heavy atom. The van der Waals surface area contributed by atoms with E-state index in [0.717, 1.165) is 36.8 Å². The Morgan fingerprint density at radius 2 is 1.63 bits per heavy atom. The molecule has 3 fully saturated rings. The number of hydrogen-bond donors (Lipinski definition) is 2. The van der Waals surface area contributed by atoms with Crippen molar-refractivity contribution in [1.82, 2.24) is 15.2 Å². The minimum atomic E-state index is -2.46. The van der Waals surface area contributed by atoms with Crippen molar-refractivity contribution in [1.29, 1.82) is 0 Å².